The number of Topliss-reactive ketones (excluding diaryl/α,β-unsaturated/α-hetero) is 1. The fourth-order valence-corrected chi connectivity index (χ4v) is 2.49. The van der Waals surface area contributed by atoms with E-state index >= 15 is 0 Å². The third-order valence-electron chi connectivity index (χ3n) is 2.56. The number of hydrogen-bond acceptors (Lipinski definition) is 5. The first-order valence-corrected chi connectivity index (χ1v) is 5.89. The molecular formula is C11H9N3OS. The zero-order valence-corrected chi connectivity index (χ0v) is 9.28. The summed E-state index contributed by atoms with van der Waals surface area (Å²) in [6.07, 6.45) is 4.00. The van der Waals surface area contributed by atoms with E-state index in [4.69, 9.17) is 0 Å². The summed E-state index contributed by atoms with van der Waals surface area (Å²) in [6, 6.07) is 3.62. The van der Waals surface area contributed by atoms with Gasteiger partial charge in [-0.3, -0.25) is 4.79 Å². The number of nitrogens with zero attached hydrogens (tertiary/aromatic N) is 3. The van der Waals surface area contributed by atoms with Gasteiger partial charge in [-0.05, 0) is 12.1 Å². The highest BCUT2D eigenvalue weighted by molar-refractivity contribution is 7.13. The largest absolute Gasteiger partial charge is 0.301 e. The Hall–Kier alpha value is -1.75. The number of hydrogen-bond donors (Lipinski definition) is 0. The van der Waals surface area contributed by atoms with Crippen molar-refractivity contribution in [2.45, 2.75) is 6.42 Å². The van der Waals surface area contributed by atoms with Crippen LogP contribution in [0.15, 0.2) is 29.9 Å². The summed E-state index contributed by atoms with van der Waals surface area (Å²) in [5, 5.41) is 2.82. The standard InChI is InChI=1S/C11H9N3OS/c15-9-3-6-14(11-13-5-7-16-11)10-8(9)2-1-4-12-10/h1-2,4-5,7H,3,6H2. The minimum absolute atomic E-state index is 0.163. The zero-order valence-electron chi connectivity index (χ0n) is 8.46. The van der Waals surface area contributed by atoms with Crippen molar-refractivity contribution >= 4 is 28.1 Å². The van der Waals surface area contributed by atoms with Gasteiger partial charge in [0.05, 0.1) is 5.56 Å². The van der Waals surface area contributed by atoms with E-state index in [1.165, 1.54) is 0 Å². The van der Waals surface area contributed by atoms with Gasteiger partial charge in [-0.25, -0.2) is 9.97 Å². The number of carbonyl (C=O) groups excluding carboxylic acids is 1. The fourth-order valence-electron chi connectivity index (χ4n) is 1.82. The van der Waals surface area contributed by atoms with Crippen molar-refractivity contribution in [3.05, 3.63) is 35.5 Å². The van der Waals surface area contributed by atoms with Gasteiger partial charge in [-0.2, -0.15) is 0 Å². The van der Waals surface area contributed by atoms with E-state index in [9.17, 15) is 4.79 Å². The molecule has 4 nitrogen and oxygen atoms in total. The molecule has 0 N–H and O–H groups in total. The van der Waals surface area contributed by atoms with Crippen LogP contribution in [0.2, 0.25) is 0 Å². The molecule has 1 aliphatic rings. The Morgan fingerprint density at radius 3 is 3.06 bits per heavy atom. The van der Waals surface area contributed by atoms with Crippen LogP contribution in [0, 0.1) is 0 Å². The maximum Gasteiger partial charge on any atom is 0.190 e. The van der Waals surface area contributed by atoms with Gasteiger partial charge in [-0.1, -0.05) is 0 Å². The summed E-state index contributed by atoms with van der Waals surface area (Å²) in [4.78, 5) is 22.3. The number of rotatable bonds is 1. The molecule has 0 aromatic carbocycles. The van der Waals surface area contributed by atoms with E-state index in [1.807, 2.05) is 16.3 Å². The van der Waals surface area contributed by atoms with Gasteiger partial charge in [0.1, 0.15) is 5.82 Å². The minimum atomic E-state index is 0.163. The summed E-state index contributed by atoms with van der Waals surface area (Å²) < 4.78 is 0. The van der Waals surface area contributed by atoms with Gasteiger partial charge < -0.3 is 4.90 Å². The topological polar surface area (TPSA) is 46.1 Å². The third-order valence-corrected chi connectivity index (χ3v) is 3.35. The van der Waals surface area contributed by atoms with Crippen molar-refractivity contribution in [2.75, 3.05) is 11.4 Å². The second-order valence-electron chi connectivity index (χ2n) is 3.51. The lowest BCUT2D eigenvalue weighted by molar-refractivity contribution is 0.0981. The SMILES string of the molecule is O=C1CCN(c2nccs2)c2ncccc21. The number of thiazole rings is 1. The van der Waals surface area contributed by atoms with Crippen LogP contribution in [-0.2, 0) is 0 Å². The van der Waals surface area contributed by atoms with Gasteiger partial charge in [0, 0.05) is 30.7 Å². The average molecular weight is 231 g/mol. The molecule has 3 heterocycles. The number of carbonyl (C=O) groups is 1. The van der Waals surface area contributed by atoms with Crippen molar-refractivity contribution in [3.63, 3.8) is 0 Å². The number of anilines is 2. The quantitative estimate of drug-likeness (QED) is 0.755. The highest BCUT2D eigenvalue weighted by atomic mass is 32.1. The van der Waals surface area contributed by atoms with Gasteiger partial charge in [0.2, 0.25) is 0 Å². The molecule has 3 rings (SSSR count). The second-order valence-corrected chi connectivity index (χ2v) is 4.39. The molecular weight excluding hydrogens is 222 g/mol. The lowest BCUT2D eigenvalue weighted by Gasteiger charge is -2.26. The molecule has 0 spiro atoms. The Bertz CT molecular complexity index is 524. The number of ketones is 1. The lowest BCUT2D eigenvalue weighted by Crippen LogP contribution is -2.28. The molecule has 0 saturated heterocycles. The van der Waals surface area contributed by atoms with Crippen LogP contribution in [0.3, 0.4) is 0 Å². The van der Waals surface area contributed by atoms with Crippen LogP contribution in [-0.4, -0.2) is 22.3 Å². The molecule has 5 heteroatoms. The molecule has 1 aliphatic heterocycles. The summed E-state index contributed by atoms with van der Waals surface area (Å²) in [5.41, 5.74) is 0.698. The third kappa shape index (κ3) is 1.40. The Labute approximate surface area is 96.6 Å². The monoisotopic (exact) mass is 231 g/mol. The van der Waals surface area contributed by atoms with E-state index < -0.39 is 0 Å². The Morgan fingerprint density at radius 1 is 1.31 bits per heavy atom. The van der Waals surface area contributed by atoms with Crippen LogP contribution in [0.4, 0.5) is 10.9 Å². The number of pyridine rings is 1. The van der Waals surface area contributed by atoms with Crippen LogP contribution < -0.4 is 4.90 Å². The van der Waals surface area contributed by atoms with E-state index in [0.717, 1.165) is 10.9 Å². The summed E-state index contributed by atoms with van der Waals surface area (Å²) in [5.74, 6) is 0.893. The van der Waals surface area contributed by atoms with Crippen molar-refractivity contribution in [2.24, 2.45) is 0 Å². The van der Waals surface area contributed by atoms with Crippen molar-refractivity contribution < 1.29 is 4.79 Å². The Morgan fingerprint density at radius 2 is 2.25 bits per heavy atom. The maximum absolute atomic E-state index is 11.7. The molecule has 0 bridgehead atoms. The van der Waals surface area contributed by atoms with E-state index in [2.05, 4.69) is 9.97 Å². The summed E-state index contributed by atoms with van der Waals surface area (Å²) >= 11 is 1.56. The van der Waals surface area contributed by atoms with Crippen molar-refractivity contribution in [1.29, 1.82) is 0 Å². The molecule has 0 atom stereocenters. The highest BCUT2D eigenvalue weighted by Gasteiger charge is 2.25. The second kappa shape index (κ2) is 3.68. The molecule has 0 unspecified atom stereocenters. The molecule has 0 fully saturated rings. The maximum atomic E-state index is 11.7. The number of fused-ring (bicyclic) bond motifs is 1. The van der Waals surface area contributed by atoms with Crippen LogP contribution in [0.25, 0.3) is 0 Å². The van der Waals surface area contributed by atoms with E-state index in [-0.39, 0.29) is 5.78 Å². The van der Waals surface area contributed by atoms with Gasteiger partial charge in [0.15, 0.2) is 10.9 Å². The predicted octanol–water partition coefficient (Wildman–Crippen LogP) is 2.26. The first kappa shape index (κ1) is 9.47. The fraction of sp³-hybridized carbons (Fsp3) is 0.182. The molecule has 0 radical (unpaired) electrons. The zero-order chi connectivity index (χ0) is 11.0. The van der Waals surface area contributed by atoms with Gasteiger partial charge >= 0.3 is 0 Å². The molecule has 0 saturated carbocycles. The number of aromatic nitrogens is 2. The highest BCUT2D eigenvalue weighted by Crippen LogP contribution is 2.32. The smallest absolute Gasteiger partial charge is 0.190 e. The first-order chi connectivity index (χ1) is 7.86. The Balaban J connectivity index is 2.11. The predicted molar refractivity (Wildman–Crippen MR) is 62.3 cm³/mol. The average Bonchev–Trinajstić information content (AvgIpc) is 2.83. The molecule has 16 heavy (non-hydrogen) atoms. The van der Waals surface area contributed by atoms with Crippen LogP contribution in [0.5, 0.6) is 0 Å². The normalized spacial score (nSPS) is 15.0. The van der Waals surface area contributed by atoms with E-state index in [1.54, 1.807) is 29.8 Å². The van der Waals surface area contributed by atoms with Crippen molar-refractivity contribution in [3.8, 4) is 0 Å². The first-order valence-electron chi connectivity index (χ1n) is 5.01. The minimum Gasteiger partial charge on any atom is -0.301 e. The summed E-state index contributed by atoms with van der Waals surface area (Å²) in [7, 11) is 0. The summed E-state index contributed by atoms with van der Waals surface area (Å²) in [6.45, 7) is 0.663. The molecule has 2 aromatic heterocycles. The van der Waals surface area contributed by atoms with Crippen LogP contribution >= 0.6 is 11.3 Å². The van der Waals surface area contributed by atoms with Crippen molar-refractivity contribution in [1.82, 2.24) is 9.97 Å². The molecule has 80 valence electrons. The Kier molecular flexibility index (Phi) is 2.18. The van der Waals surface area contributed by atoms with Crippen LogP contribution in [0.1, 0.15) is 16.8 Å². The molecule has 2 aromatic rings. The molecule has 0 amide bonds. The molecule has 0 aliphatic carbocycles. The van der Waals surface area contributed by atoms with Gasteiger partial charge in [0.25, 0.3) is 0 Å². The van der Waals surface area contributed by atoms with Gasteiger partial charge in [-0.15, -0.1) is 11.3 Å². The van der Waals surface area contributed by atoms with E-state index in [0.29, 0.717) is 18.5 Å². The lowest BCUT2D eigenvalue weighted by atomic mass is 10.1.